The van der Waals surface area contributed by atoms with E-state index in [0.717, 1.165) is 12.0 Å². The van der Waals surface area contributed by atoms with E-state index in [2.05, 4.69) is 36.0 Å². The van der Waals surface area contributed by atoms with E-state index < -0.39 is 0 Å². The van der Waals surface area contributed by atoms with Gasteiger partial charge < -0.3 is 10.4 Å². The molecule has 3 heteroatoms. The van der Waals surface area contributed by atoms with Crippen molar-refractivity contribution in [3.8, 4) is 5.75 Å². The van der Waals surface area contributed by atoms with Crippen LogP contribution in [0.25, 0.3) is 0 Å². The van der Waals surface area contributed by atoms with E-state index in [4.69, 9.17) is 0 Å². The summed E-state index contributed by atoms with van der Waals surface area (Å²) in [6.45, 7) is 6.32. The van der Waals surface area contributed by atoms with Gasteiger partial charge >= 0.3 is 0 Å². The van der Waals surface area contributed by atoms with Gasteiger partial charge in [0, 0.05) is 17.6 Å². The molecular weight excluding hydrogens is 254 g/mol. The molecule has 1 aromatic heterocycles. The minimum atomic E-state index is 0.147. The van der Waals surface area contributed by atoms with Gasteiger partial charge in [-0.3, -0.25) is 0 Å². The van der Waals surface area contributed by atoms with Crippen molar-refractivity contribution in [1.82, 2.24) is 5.32 Å². The Morgan fingerprint density at radius 3 is 2.74 bits per heavy atom. The number of aromatic hydroxyl groups is 1. The SMILES string of the molecule is Cc1ccc(O)c(C(C)NC(C)Cc2ccsc2)c1. The minimum Gasteiger partial charge on any atom is -0.508 e. The summed E-state index contributed by atoms with van der Waals surface area (Å²) in [7, 11) is 0. The zero-order valence-electron chi connectivity index (χ0n) is 11.7. The second-order valence-electron chi connectivity index (χ2n) is 5.19. The summed E-state index contributed by atoms with van der Waals surface area (Å²) >= 11 is 1.73. The van der Waals surface area contributed by atoms with Crippen molar-refractivity contribution < 1.29 is 5.11 Å². The minimum absolute atomic E-state index is 0.147. The number of nitrogens with one attached hydrogen (secondary N) is 1. The van der Waals surface area contributed by atoms with E-state index in [1.54, 1.807) is 17.4 Å². The predicted molar refractivity (Wildman–Crippen MR) is 81.9 cm³/mol. The quantitative estimate of drug-likeness (QED) is 0.863. The molecule has 0 aliphatic carbocycles. The molecule has 2 rings (SSSR count). The fourth-order valence-electron chi connectivity index (χ4n) is 2.36. The summed E-state index contributed by atoms with van der Waals surface area (Å²) in [5.74, 6) is 0.369. The van der Waals surface area contributed by atoms with Crippen LogP contribution < -0.4 is 5.32 Å². The van der Waals surface area contributed by atoms with Crippen molar-refractivity contribution in [2.75, 3.05) is 0 Å². The molecule has 102 valence electrons. The van der Waals surface area contributed by atoms with E-state index in [1.165, 1.54) is 11.1 Å². The molecule has 0 spiro atoms. The molecule has 2 nitrogen and oxygen atoms in total. The fourth-order valence-corrected chi connectivity index (χ4v) is 3.04. The van der Waals surface area contributed by atoms with Gasteiger partial charge in [0.05, 0.1) is 0 Å². The maximum absolute atomic E-state index is 9.94. The molecule has 2 unspecified atom stereocenters. The highest BCUT2D eigenvalue weighted by Crippen LogP contribution is 2.25. The highest BCUT2D eigenvalue weighted by molar-refractivity contribution is 7.07. The number of rotatable bonds is 5. The maximum Gasteiger partial charge on any atom is 0.120 e. The zero-order valence-corrected chi connectivity index (χ0v) is 12.5. The van der Waals surface area contributed by atoms with Gasteiger partial charge in [0.15, 0.2) is 0 Å². The van der Waals surface area contributed by atoms with Crippen LogP contribution in [0.3, 0.4) is 0 Å². The molecule has 0 fully saturated rings. The molecule has 0 aliphatic heterocycles. The summed E-state index contributed by atoms with van der Waals surface area (Å²) < 4.78 is 0. The number of hydrogen-bond acceptors (Lipinski definition) is 3. The van der Waals surface area contributed by atoms with E-state index in [1.807, 2.05) is 19.1 Å². The zero-order chi connectivity index (χ0) is 13.8. The molecule has 1 heterocycles. The molecular formula is C16H21NOS. The van der Waals surface area contributed by atoms with Crippen LogP contribution in [0.5, 0.6) is 5.75 Å². The molecule has 0 saturated carbocycles. The van der Waals surface area contributed by atoms with E-state index in [0.29, 0.717) is 11.8 Å². The molecule has 1 aromatic carbocycles. The van der Waals surface area contributed by atoms with Crippen LogP contribution in [0.1, 0.15) is 36.6 Å². The van der Waals surface area contributed by atoms with Gasteiger partial charge in [-0.2, -0.15) is 11.3 Å². The van der Waals surface area contributed by atoms with Gasteiger partial charge in [-0.05, 0) is 55.6 Å². The van der Waals surface area contributed by atoms with E-state index in [9.17, 15) is 5.11 Å². The van der Waals surface area contributed by atoms with Gasteiger partial charge in [0.2, 0.25) is 0 Å². The van der Waals surface area contributed by atoms with E-state index >= 15 is 0 Å². The lowest BCUT2D eigenvalue weighted by Crippen LogP contribution is -2.30. The second-order valence-corrected chi connectivity index (χ2v) is 5.97. The standard InChI is InChI=1S/C16H21NOS/c1-11-4-5-16(18)15(8-11)13(3)17-12(2)9-14-6-7-19-10-14/h4-8,10,12-13,17-18H,9H2,1-3H3. The second kappa shape index (κ2) is 6.22. The van der Waals surface area contributed by atoms with Gasteiger partial charge in [-0.25, -0.2) is 0 Å². The van der Waals surface area contributed by atoms with Crippen LogP contribution in [0, 0.1) is 6.92 Å². The number of aryl methyl sites for hydroxylation is 1. The Hall–Kier alpha value is -1.32. The van der Waals surface area contributed by atoms with Crippen LogP contribution in [0.15, 0.2) is 35.0 Å². The van der Waals surface area contributed by atoms with Gasteiger partial charge in [0.1, 0.15) is 5.75 Å². The van der Waals surface area contributed by atoms with Gasteiger partial charge in [0.25, 0.3) is 0 Å². The van der Waals surface area contributed by atoms with Crippen molar-refractivity contribution in [1.29, 1.82) is 0 Å². The smallest absolute Gasteiger partial charge is 0.120 e. The first-order valence-corrected chi connectivity index (χ1v) is 7.57. The summed E-state index contributed by atoms with van der Waals surface area (Å²) in [5.41, 5.74) is 3.51. The van der Waals surface area contributed by atoms with Gasteiger partial charge in [-0.15, -0.1) is 0 Å². The van der Waals surface area contributed by atoms with Crippen molar-refractivity contribution in [2.45, 2.75) is 39.3 Å². The first kappa shape index (κ1) is 14.1. The highest BCUT2D eigenvalue weighted by atomic mass is 32.1. The lowest BCUT2D eigenvalue weighted by atomic mass is 10.0. The summed E-state index contributed by atoms with van der Waals surface area (Å²) in [6.07, 6.45) is 1.01. The number of benzene rings is 1. The Bertz CT molecular complexity index is 522. The number of hydrogen-bond donors (Lipinski definition) is 2. The summed E-state index contributed by atoms with van der Waals surface area (Å²) in [5, 5.41) is 17.8. The molecule has 19 heavy (non-hydrogen) atoms. The maximum atomic E-state index is 9.94. The van der Waals surface area contributed by atoms with Crippen molar-refractivity contribution >= 4 is 11.3 Å². The van der Waals surface area contributed by atoms with Gasteiger partial charge in [-0.1, -0.05) is 17.7 Å². The third-order valence-corrected chi connectivity index (χ3v) is 4.04. The summed E-state index contributed by atoms with van der Waals surface area (Å²) in [6, 6.07) is 8.44. The molecule has 0 aliphatic rings. The monoisotopic (exact) mass is 275 g/mol. The number of thiophene rings is 1. The van der Waals surface area contributed by atoms with Crippen molar-refractivity contribution in [3.63, 3.8) is 0 Å². The molecule has 2 atom stereocenters. The largest absolute Gasteiger partial charge is 0.508 e. The van der Waals surface area contributed by atoms with E-state index in [-0.39, 0.29) is 6.04 Å². The van der Waals surface area contributed by atoms with Crippen LogP contribution in [-0.4, -0.2) is 11.1 Å². The van der Waals surface area contributed by atoms with Crippen LogP contribution >= 0.6 is 11.3 Å². The molecule has 0 bridgehead atoms. The number of phenols is 1. The average molecular weight is 275 g/mol. The van der Waals surface area contributed by atoms with Crippen LogP contribution in [0.2, 0.25) is 0 Å². The lowest BCUT2D eigenvalue weighted by molar-refractivity contribution is 0.433. The Kier molecular flexibility index (Phi) is 4.61. The fraction of sp³-hybridized carbons (Fsp3) is 0.375. The number of phenolic OH excluding ortho intramolecular Hbond substituents is 1. The first-order chi connectivity index (χ1) is 9.06. The normalized spacial score (nSPS) is 14.3. The topological polar surface area (TPSA) is 32.3 Å². The molecule has 0 saturated heterocycles. The first-order valence-electron chi connectivity index (χ1n) is 6.63. The Labute approximate surface area is 119 Å². The predicted octanol–water partition coefficient (Wildman–Crippen LogP) is 4.04. The summed E-state index contributed by atoms with van der Waals surface area (Å²) in [4.78, 5) is 0. The molecule has 2 aromatic rings. The van der Waals surface area contributed by atoms with Crippen LogP contribution in [-0.2, 0) is 6.42 Å². The third-order valence-electron chi connectivity index (χ3n) is 3.31. The third kappa shape index (κ3) is 3.82. The molecule has 0 amide bonds. The van der Waals surface area contributed by atoms with Crippen LogP contribution in [0.4, 0.5) is 0 Å². The average Bonchev–Trinajstić information content (AvgIpc) is 2.84. The highest BCUT2D eigenvalue weighted by Gasteiger charge is 2.13. The van der Waals surface area contributed by atoms with Crippen molar-refractivity contribution in [3.05, 3.63) is 51.7 Å². The molecule has 0 radical (unpaired) electrons. The molecule has 2 N–H and O–H groups in total. The Morgan fingerprint density at radius 2 is 2.05 bits per heavy atom. The van der Waals surface area contributed by atoms with Crippen molar-refractivity contribution in [2.24, 2.45) is 0 Å². The Morgan fingerprint density at radius 1 is 1.26 bits per heavy atom. The lowest BCUT2D eigenvalue weighted by Gasteiger charge is -2.21. The Balaban J connectivity index is 2.00.